The molecule has 21 heavy (non-hydrogen) atoms. The van der Waals surface area contributed by atoms with Gasteiger partial charge in [0.1, 0.15) is 22.8 Å². The van der Waals surface area contributed by atoms with Crippen molar-refractivity contribution in [2.24, 2.45) is 0 Å². The first-order valence-corrected chi connectivity index (χ1v) is 6.29. The maximum Gasteiger partial charge on any atom is 0.164 e. The van der Waals surface area contributed by atoms with E-state index in [-0.39, 0.29) is 11.5 Å². The van der Waals surface area contributed by atoms with Crippen molar-refractivity contribution < 1.29 is 24.1 Å². The summed E-state index contributed by atoms with van der Waals surface area (Å²) in [5.74, 6) is 1.57. The van der Waals surface area contributed by atoms with Crippen LogP contribution in [0.1, 0.15) is 0 Å². The van der Waals surface area contributed by atoms with Crippen LogP contribution in [-0.4, -0.2) is 24.4 Å². The van der Waals surface area contributed by atoms with Crippen molar-refractivity contribution in [3.63, 3.8) is 0 Å². The second-order valence-corrected chi connectivity index (χ2v) is 4.59. The number of fused-ring (bicyclic) bond motifs is 1. The molecule has 0 saturated carbocycles. The van der Waals surface area contributed by atoms with E-state index in [1.165, 1.54) is 20.3 Å². The number of phenolic OH excluding ortho intramolecular Hbond substituents is 2. The van der Waals surface area contributed by atoms with Crippen LogP contribution in [0.3, 0.4) is 0 Å². The fourth-order valence-corrected chi connectivity index (χ4v) is 2.21. The van der Waals surface area contributed by atoms with Gasteiger partial charge in [-0.15, -0.1) is 0 Å². The summed E-state index contributed by atoms with van der Waals surface area (Å²) in [6, 6.07) is 9.82. The highest BCUT2D eigenvalue weighted by Crippen LogP contribution is 2.37. The largest absolute Gasteiger partial charge is 0.508 e. The van der Waals surface area contributed by atoms with E-state index in [4.69, 9.17) is 13.9 Å². The molecule has 2 N–H and O–H groups in total. The van der Waals surface area contributed by atoms with Crippen LogP contribution in [0.25, 0.3) is 22.3 Å². The second kappa shape index (κ2) is 4.94. The van der Waals surface area contributed by atoms with Gasteiger partial charge in [-0.2, -0.15) is 0 Å². The minimum absolute atomic E-state index is 0.0471. The lowest BCUT2D eigenvalue weighted by molar-refractivity contribution is 0.373. The van der Waals surface area contributed by atoms with Gasteiger partial charge in [-0.05, 0) is 24.3 Å². The molecule has 3 rings (SSSR count). The van der Waals surface area contributed by atoms with Crippen LogP contribution in [0.4, 0.5) is 0 Å². The van der Waals surface area contributed by atoms with Crippen LogP contribution in [0.5, 0.6) is 23.0 Å². The summed E-state index contributed by atoms with van der Waals surface area (Å²) in [4.78, 5) is 0. The average molecular weight is 286 g/mol. The Kier molecular flexibility index (Phi) is 3.10. The summed E-state index contributed by atoms with van der Waals surface area (Å²) in [5, 5.41) is 20.2. The molecular weight excluding hydrogens is 272 g/mol. The van der Waals surface area contributed by atoms with E-state index >= 15 is 0 Å². The number of hydrogen-bond donors (Lipinski definition) is 2. The molecule has 0 atom stereocenters. The molecule has 5 heteroatoms. The summed E-state index contributed by atoms with van der Waals surface area (Å²) in [5.41, 5.74) is 1.27. The predicted molar refractivity (Wildman–Crippen MR) is 78.1 cm³/mol. The number of rotatable bonds is 3. The quantitative estimate of drug-likeness (QED) is 0.770. The van der Waals surface area contributed by atoms with Crippen molar-refractivity contribution in [3.8, 4) is 34.3 Å². The molecular formula is C16H14O5. The summed E-state index contributed by atoms with van der Waals surface area (Å²) >= 11 is 0. The summed E-state index contributed by atoms with van der Waals surface area (Å²) in [6.45, 7) is 0. The fraction of sp³-hybridized carbons (Fsp3) is 0.125. The van der Waals surface area contributed by atoms with Crippen molar-refractivity contribution in [2.75, 3.05) is 14.2 Å². The molecule has 0 bridgehead atoms. The molecule has 2 aromatic carbocycles. The summed E-state index contributed by atoms with van der Waals surface area (Å²) in [6.07, 6.45) is 0. The van der Waals surface area contributed by atoms with Gasteiger partial charge in [-0.3, -0.25) is 0 Å². The van der Waals surface area contributed by atoms with Gasteiger partial charge in [-0.25, -0.2) is 0 Å². The van der Waals surface area contributed by atoms with Gasteiger partial charge < -0.3 is 24.1 Å². The molecule has 0 fully saturated rings. The molecule has 5 nitrogen and oxygen atoms in total. The highest BCUT2D eigenvalue weighted by atomic mass is 16.5. The Labute approximate surface area is 121 Å². The Bertz CT molecular complexity index is 804. The number of phenols is 2. The molecule has 0 aliphatic rings. The van der Waals surface area contributed by atoms with Crippen LogP contribution in [0, 0.1) is 0 Å². The zero-order valence-corrected chi connectivity index (χ0v) is 11.6. The lowest BCUT2D eigenvalue weighted by atomic mass is 10.1. The van der Waals surface area contributed by atoms with Gasteiger partial charge in [0.15, 0.2) is 11.5 Å². The molecule has 0 spiro atoms. The monoisotopic (exact) mass is 286 g/mol. The first kappa shape index (κ1) is 13.2. The van der Waals surface area contributed by atoms with Crippen molar-refractivity contribution in [2.45, 2.75) is 0 Å². The van der Waals surface area contributed by atoms with Crippen LogP contribution in [0.2, 0.25) is 0 Å². The van der Waals surface area contributed by atoms with Crippen molar-refractivity contribution in [1.82, 2.24) is 0 Å². The SMILES string of the molecule is COc1cc(O)cc(-c2cc3cc(O)c(OC)cc3o2)c1. The molecule has 108 valence electrons. The molecule has 1 aromatic heterocycles. The third-order valence-electron chi connectivity index (χ3n) is 3.23. The number of aromatic hydroxyl groups is 2. The molecule has 0 aliphatic heterocycles. The highest BCUT2D eigenvalue weighted by Gasteiger charge is 2.12. The first-order chi connectivity index (χ1) is 10.1. The standard InChI is InChI=1S/C16H14O5/c1-19-12-4-9(3-11(17)7-12)14-6-10-5-13(18)16(20-2)8-15(10)21-14/h3-8,17-18H,1-2H3. The number of furan rings is 1. The molecule has 1 heterocycles. The Morgan fingerprint density at radius 1 is 0.905 bits per heavy atom. The smallest absolute Gasteiger partial charge is 0.164 e. The first-order valence-electron chi connectivity index (χ1n) is 6.29. The van der Waals surface area contributed by atoms with Gasteiger partial charge >= 0.3 is 0 Å². The molecule has 0 aliphatic carbocycles. The Morgan fingerprint density at radius 3 is 2.43 bits per heavy atom. The van der Waals surface area contributed by atoms with Gasteiger partial charge in [-0.1, -0.05) is 0 Å². The van der Waals surface area contributed by atoms with E-state index in [1.807, 2.05) is 0 Å². The van der Waals surface area contributed by atoms with E-state index < -0.39 is 0 Å². The lowest BCUT2D eigenvalue weighted by Crippen LogP contribution is -1.83. The minimum atomic E-state index is 0.0471. The maximum atomic E-state index is 9.79. The highest BCUT2D eigenvalue weighted by molar-refractivity contribution is 5.86. The van der Waals surface area contributed by atoms with Gasteiger partial charge in [0.2, 0.25) is 0 Å². The number of ether oxygens (including phenoxy) is 2. The Balaban J connectivity index is 2.15. The van der Waals surface area contributed by atoms with Crippen LogP contribution in [-0.2, 0) is 0 Å². The zero-order valence-electron chi connectivity index (χ0n) is 11.6. The van der Waals surface area contributed by atoms with E-state index in [1.54, 1.807) is 30.3 Å². The number of benzene rings is 2. The molecule has 0 radical (unpaired) electrons. The third kappa shape index (κ3) is 2.33. The molecule has 0 unspecified atom stereocenters. The van der Waals surface area contributed by atoms with E-state index in [2.05, 4.69) is 0 Å². The topological polar surface area (TPSA) is 72.1 Å². The maximum absolute atomic E-state index is 9.79. The number of methoxy groups -OCH3 is 2. The van der Waals surface area contributed by atoms with Crippen LogP contribution < -0.4 is 9.47 Å². The number of hydrogen-bond acceptors (Lipinski definition) is 5. The van der Waals surface area contributed by atoms with Gasteiger partial charge in [0.05, 0.1) is 14.2 Å². The van der Waals surface area contributed by atoms with Gasteiger partial charge in [0, 0.05) is 23.1 Å². The van der Waals surface area contributed by atoms with Crippen molar-refractivity contribution in [1.29, 1.82) is 0 Å². The van der Waals surface area contributed by atoms with Crippen molar-refractivity contribution in [3.05, 3.63) is 36.4 Å². The predicted octanol–water partition coefficient (Wildman–Crippen LogP) is 3.53. The lowest BCUT2D eigenvalue weighted by Gasteiger charge is -2.03. The molecule has 3 aromatic rings. The fourth-order valence-electron chi connectivity index (χ4n) is 2.21. The molecule has 0 amide bonds. The average Bonchev–Trinajstić information content (AvgIpc) is 2.88. The summed E-state index contributed by atoms with van der Waals surface area (Å²) in [7, 11) is 3.00. The summed E-state index contributed by atoms with van der Waals surface area (Å²) < 4.78 is 15.9. The minimum Gasteiger partial charge on any atom is -0.508 e. The van der Waals surface area contributed by atoms with Crippen LogP contribution >= 0.6 is 0 Å². The Morgan fingerprint density at radius 2 is 1.71 bits per heavy atom. The normalized spacial score (nSPS) is 10.8. The van der Waals surface area contributed by atoms with E-state index in [0.717, 1.165) is 5.39 Å². The second-order valence-electron chi connectivity index (χ2n) is 4.59. The zero-order chi connectivity index (χ0) is 15.0. The Hall–Kier alpha value is -2.82. The van der Waals surface area contributed by atoms with Crippen LogP contribution in [0.15, 0.2) is 40.8 Å². The van der Waals surface area contributed by atoms with Gasteiger partial charge in [0.25, 0.3) is 0 Å². The van der Waals surface area contributed by atoms with Crippen molar-refractivity contribution >= 4 is 11.0 Å². The van der Waals surface area contributed by atoms with E-state index in [0.29, 0.717) is 28.4 Å². The molecule has 0 saturated heterocycles. The van der Waals surface area contributed by atoms with E-state index in [9.17, 15) is 10.2 Å². The third-order valence-corrected chi connectivity index (χ3v) is 3.23.